The van der Waals surface area contributed by atoms with Crippen molar-refractivity contribution in [2.45, 2.75) is 23.8 Å². The highest BCUT2D eigenvalue weighted by atomic mass is 32.2. The Bertz CT molecular complexity index is 893. The molecule has 3 rings (SSSR count). The lowest BCUT2D eigenvalue weighted by molar-refractivity contribution is 0.0947. The van der Waals surface area contributed by atoms with Crippen LogP contribution in [0.4, 0.5) is 0 Å². The van der Waals surface area contributed by atoms with Gasteiger partial charge >= 0.3 is 0 Å². The summed E-state index contributed by atoms with van der Waals surface area (Å²) in [6.07, 6.45) is 1.75. The summed E-state index contributed by atoms with van der Waals surface area (Å²) in [5.74, 6) is 1.06. The number of methoxy groups -OCH3 is 1. The van der Waals surface area contributed by atoms with E-state index in [9.17, 15) is 13.2 Å². The Morgan fingerprint density at radius 3 is 2.48 bits per heavy atom. The zero-order valence-corrected chi connectivity index (χ0v) is 15.8. The molecular formula is C19H22N2O5S. The van der Waals surface area contributed by atoms with Gasteiger partial charge in [-0.1, -0.05) is 6.07 Å². The third-order valence-corrected chi connectivity index (χ3v) is 5.56. The maximum absolute atomic E-state index is 12.2. The predicted octanol–water partition coefficient (Wildman–Crippen LogP) is 1.94. The summed E-state index contributed by atoms with van der Waals surface area (Å²) in [5.41, 5.74) is 0.391. The topological polar surface area (TPSA) is 93.7 Å². The number of nitrogens with one attached hydrogen (secondary N) is 2. The van der Waals surface area contributed by atoms with Gasteiger partial charge in [-0.2, -0.15) is 0 Å². The summed E-state index contributed by atoms with van der Waals surface area (Å²) >= 11 is 0. The SMILES string of the molecule is COc1cccc(OCCNC(=O)c2ccc(S(=O)(=O)NC3CC3)cc2)c1. The lowest BCUT2D eigenvalue weighted by Crippen LogP contribution is -2.28. The van der Waals surface area contributed by atoms with Gasteiger partial charge in [-0.15, -0.1) is 0 Å². The van der Waals surface area contributed by atoms with Crippen molar-refractivity contribution in [3.05, 3.63) is 54.1 Å². The highest BCUT2D eigenvalue weighted by Gasteiger charge is 2.27. The molecule has 0 spiro atoms. The fraction of sp³-hybridized carbons (Fsp3) is 0.316. The molecule has 0 saturated heterocycles. The van der Waals surface area contributed by atoms with Crippen molar-refractivity contribution in [3.8, 4) is 11.5 Å². The molecule has 1 saturated carbocycles. The second-order valence-electron chi connectivity index (χ2n) is 6.20. The number of hydrogen-bond donors (Lipinski definition) is 2. The van der Waals surface area contributed by atoms with Gasteiger partial charge in [-0.25, -0.2) is 13.1 Å². The average Bonchev–Trinajstić information content (AvgIpc) is 3.48. The minimum Gasteiger partial charge on any atom is -0.497 e. The van der Waals surface area contributed by atoms with Crippen molar-refractivity contribution < 1.29 is 22.7 Å². The number of carbonyl (C=O) groups is 1. The van der Waals surface area contributed by atoms with Gasteiger partial charge in [-0.3, -0.25) is 4.79 Å². The fourth-order valence-electron chi connectivity index (χ4n) is 2.40. The minimum absolute atomic E-state index is 0.0440. The number of rotatable bonds is 9. The van der Waals surface area contributed by atoms with E-state index in [2.05, 4.69) is 10.0 Å². The van der Waals surface area contributed by atoms with Crippen LogP contribution in [0, 0.1) is 0 Å². The molecular weight excluding hydrogens is 368 g/mol. The lowest BCUT2D eigenvalue weighted by Gasteiger charge is -2.09. The summed E-state index contributed by atoms with van der Waals surface area (Å²) < 4.78 is 37.5. The molecule has 144 valence electrons. The van der Waals surface area contributed by atoms with E-state index in [1.165, 1.54) is 24.3 Å². The molecule has 2 N–H and O–H groups in total. The molecule has 8 heteroatoms. The van der Waals surface area contributed by atoms with Crippen LogP contribution in [-0.4, -0.2) is 40.6 Å². The Hall–Kier alpha value is -2.58. The molecule has 0 aliphatic heterocycles. The van der Waals surface area contributed by atoms with Crippen LogP contribution in [-0.2, 0) is 10.0 Å². The number of carbonyl (C=O) groups excluding carboxylic acids is 1. The Morgan fingerprint density at radius 2 is 1.81 bits per heavy atom. The molecule has 0 atom stereocenters. The summed E-state index contributed by atoms with van der Waals surface area (Å²) in [6, 6.07) is 13.1. The van der Waals surface area contributed by atoms with Crippen LogP contribution >= 0.6 is 0 Å². The Balaban J connectivity index is 1.47. The van der Waals surface area contributed by atoms with Crippen molar-refractivity contribution in [1.82, 2.24) is 10.0 Å². The van der Waals surface area contributed by atoms with Crippen molar-refractivity contribution in [1.29, 1.82) is 0 Å². The molecule has 7 nitrogen and oxygen atoms in total. The zero-order valence-electron chi connectivity index (χ0n) is 15.0. The third kappa shape index (κ3) is 5.45. The summed E-state index contributed by atoms with van der Waals surface area (Å²) in [6.45, 7) is 0.621. The maximum Gasteiger partial charge on any atom is 0.251 e. The van der Waals surface area contributed by atoms with Crippen molar-refractivity contribution in [2.24, 2.45) is 0 Å². The van der Waals surface area contributed by atoms with E-state index in [0.717, 1.165) is 12.8 Å². The minimum atomic E-state index is -3.51. The Labute approximate surface area is 158 Å². The monoisotopic (exact) mass is 390 g/mol. The third-order valence-electron chi connectivity index (χ3n) is 4.02. The molecule has 0 unspecified atom stereocenters. The number of benzene rings is 2. The van der Waals surface area contributed by atoms with E-state index >= 15 is 0 Å². The summed E-state index contributed by atoms with van der Waals surface area (Å²) in [7, 11) is -1.93. The first-order chi connectivity index (χ1) is 13.0. The quantitative estimate of drug-likeness (QED) is 0.638. The first-order valence-corrected chi connectivity index (χ1v) is 10.1. The number of sulfonamides is 1. The molecule has 2 aromatic carbocycles. The van der Waals surface area contributed by atoms with E-state index in [1.807, 2.05) is 12.1 Å². The van der Waals surface area contributed by atoms with Crippen molar-refractivity contribution >= 4 is 15.9 Å². The molecule has 1 amide bonds. The van der Waals surface area contributed by atoms with Crippen molar-refractivity contribution in [2.75, 3.05) is 20.3 Å². The van der Waals surface area contributed by atoms with E-state index in [-0.39, 0.29) is 16.8 Å². The molecule has 0 aromatic heterocycles. The van der Waals surface area contributed by atoms with Crippen LogP contribution in [0.25, 0.3) is 0 Å². The normalized spacial score (nSPS) is 13.8. The average molecular weight is 390 g/mol. The molecule has 1 fully saturated rings. The predicted molar refractivity (Wildman–Crippen MR) is 101 cm³/mol. The van der Waals surface area contributed by atoms with E-state index < -0.39 is 10.0 Å². The van der Waals surface area contributed by atoms with Crippen LogP contribution in [0.5, 0.6) is 11.5 Å². The Kier molecular flexibility index (Phi) is 5.98. The van der Waals surface area contributed by atoms with Gasteiger partial charge in [0, 0.05) is 17.7 Å². The maximum atomic E-state index is 12.2. The van der Waals surface area contributed by atoms with Gasteiger partial charge in [0.2, 0.25) is 10.0 Å². The molecule has 27 heavy (non-hydrogen) atoms. The van der Waals surface area contributed by atoms with Crippen LogP contribution in [0.15, 0.2) is 53.4 Å². The Morgan fingerprint density at radius 1 is 1.11 bits per heavy atom. The van der Waals surface area contributed by atoms with Crippen LogP contribution < -0.4 is 19.5 Å². The number of hydrogen-bond acceptors (Lipinski definition) is 5. The largest absolute Gasteiger partial charge is 0.497 e. The summed E-state index contributed by atoms with van der Waals surface area (Å²) in [5, 5.41) is 2.74. The molecule has 1 aliphatic rings. The number of amides is 1. The molecule has 0 bridgehead atoms. The lowest BCUT2D eigenvalue weighted by atomic mass is 10.2. The van der Waals surface area contributed by atoms with Gasteiger partial charge in [0.05, 0.1) is 18.6 Å². The van der Waals surface area contributed by atoms with E-state index in [1.54, 1.807) is 19.2 Å². The van der Waals surface area contributed by atoms with Crippen molar-refractivity contribution in [3.63, 3.8) is 0 Å². The smallest absolute Gasteiger partial charge is 0.251 e. The van der Waals surface area contributed by atoms with Gasteiger partial charge < -0.3 is 14.8 Å². The van der Waals surface area contributed by atoms with Gasteiger partial charge in [0.25, 0.3) is 5.91 Å². The fourth-order valence-corrected chi connectivity index (χ4v) is 3.71. The van der Waals surface area contributed by atoms with Crippen LogP contribution in [0.3, 0.4) is 0 Å². The zero-order chi connectivity index (χ0) is 19.3. The molecule has 0 heterocycles. The highest BCUT2D eigenvalue weighted by molar-refractivity contribution is 7.89. The van der Waals surface area contributed by atoms with Crippen LogP contribution in [0.2, 0.25) is 0 Å². The van der Waals surface area contributed by atoms with E-state index in [0.29, 0.717) is 30.2 Å². The van der Waals surface area contributed by atoms with Gasteiger partial charge in [0.15, 0.2) is 0 Å². The van der Waals surface area contributed by atoms with E-state index in [4.69, 9.17) is 9.47 Å². The standard InChI is InChI=1S/C19H22N2O5S/c1-25-16-3-2-4-17(13-16)26-12-11-20-19(22)14-5-9-18(10-6-14)27(23,24)21-15-7-8-15/h2-6,9-10,13,15,21H,7-8,11-12H2,1H3,(H,20,22). The molecule has 1 aliphatic carbocycles. The first-order valence-electron chi connectivity index (χ1n) is 8.65. The second-order valence-corrected chi connectivity index (χ2v) is 7.92. The van der Waals surface area contributed by atoms with Gasteiger partial charge in [-0.05, 0) is 49.2 Å². The molecule has 2 aromatic rings. The van der Waals surface area contributed by atoms with Crippen LogP contribution in [0.1, 0.15) is 23.2 Å². The summed E-state index contributed by atoms with van der Waals surface area (Å²) in [4.78, 5) is 12.3. The highest BCUT2D eigenvalue weighted by Crippen LogP contribution is 2.22. The molecule has 0 radical (unpaired) electrons. The number of ether oxygens (including phenoxy) is 2. The van der Waals surface area contributed by atoms with Gasteiger partial charge in [0.1, 0.15) is 18.1 Å². The second kappa shape index (κ2) is 8.41. The first kappa shape index (κ1) is 19.2.